The van der Waals surface area contributed by atoms with E-state index in [4.69, 9.17) is 14.2 Å². The summed E-state index contributed by atoms with van der Waals surface area (Å²) in [6, 6.07) is 5.24. The third-order valence-electron chi connectivity index (χ3n) is 3.15. The summed E-state index contributed by atoms with van der Waals surface area (Å²) < 4.78 is 15.9. The number of nitrogens with zero attached hydrogens (tertiary/aromatic N) is 1. The highest BCUT2D eigenvalue weighted by Crippen LogP contribution is 2.34. The van der Waals surface area contributed by atoms with Crippen LogP contribution in [0.2, 0.25) is 0 Å². The molecular weight excluding hydrogens is 248 g/mol. The molecule has 0 aromatic heterocycles. The van der Waals surface area contributed by atoms with Crippen LogP contribution in [0.15, 0.2) is 18.2 Å². The summed E-state index contributed by atoms with van der Waals surface area (Å²) in [5.41, 5.74) is 0.702. The largest absolute Gasteiger partial charge is 0.454 e. The van der Waals surface area contributed by atoms with Crippen molar-refractivity contribution in [2.24, 2.45) is 0 Å². The monoisotopic (exact) mass is 264 g/mol. The van der Waals surface area contributed by atoms with Gasteiger partial charge in [-0.25, -0.2) is 4.79 Å². The zero-order valence-corrected chi connectivity index (χ0v) is 10.7. The number of morpholine rings is 1. The van der Waals surface area contributed by atoms with Crippen LogP contribution in [0.5, 0.6) is 11.5 Å². The number of anilines is 1. The Kier molecular flexibility index (Phi) is 3.16. The topological polar surface area (TPSA) is 60.0 Å². The van der Waals surface area contributed by atoms with E-state index in [1.807, 2.05) is 6.92 Å². The van der Waals surface area contributed by atoms with E-state index < -0.39 is 0 Å². The Bertz CT molecular complexity index is 492. The number of urea groups is 1. The summed E-state index contributed by atoms with van der Waals surface area (Å²) in [6.07, 6.45) is 0.0799. The number of benzene rings is 1. The van der Waals surface area contributed by atoms with Gasteiger partial charge < -0.3 is 24.4 Å². The average Bonchev–Trinajstić information content (AvgIpc) is 2.86. The number of hydrogen-bond donors (Lipinski definition) is 1. The second-order valence-electron chi connectivity index (χ2n) is 4.63. The lowest BCUT2D eigenvalue weighted by Crippen LogP contribution is -2.46. The predicted octanol–water partition coefficient (Wildman–Crippen LogP) is 1.67. The fraction of sp³-hybridized carbons (Fsp3) is 0.462. The molecule has 1 aromatic rings. The third kappa shape index (κ3) is 2.58. The minimum absolute atomic E-state index is 0.0799. The Labute approximate surface area is 111 Å². The molecule has 1 unspecified atom stereocenters. The molecule has 6 nitrogen and oxygen atoms in total. The van der Waals surface area contributed by atoms with E-state index in [9.17, 15) is 4.79 Å². The van der Waals surface area contributed by atoms with Crippen LogP contribution in [0.1, 0.15) is 6.92 Å². The first-order valence-corrected chi connectivity index (χ1v) is 6.29. The SMILES string of the molecule is CC1CN(C(=O)Nc2ccc3c(c2)OCO3)CCO1. The van der Waals surface area contributed by atoms with Gasteiger partial charge >= 0.3 is 6.03 Å². The van der Waals surface area contributed by atoms with Gasteiger partial charge in [-0.2, -0.15) is 0 Å². The zero-order valence-electron chi connectivity index (χ0n) is 10.7. The summed E-state index contributed by atoms with van der Waals surface area (Å²) in [5.74, 6) is 1.37. The van der Waals surface area contributed by atoms with Crippen molar-refractivity contribution in [2.45, 2.75) is 13.0 Å². The quantitative estimate of drug-likeness (QED) is 0.838. The molecule has 2 heterocycles. The third-order valence-corrected chi connectivity index (χ3v) is 3.15. The average molecular weight is 264 g/mol. The fourth-order valence-electron chi connectivity index (χ4n) is 2.18. The molecular formula is C13H16N2O4. The maximum atomic E-state index is 12.1. The number of carbonyl (C=O) groups excluding carboxylic acids is 1. The minimum atomic E-state index is -0.117. The van der Waals surface area contributed by atoms with Gasteiger partial charge in [0.05, 0.1) is 12.7 Å². The number of nitrogens with one attached hydrogen (secondary N) is 1. The number of ether oxygens (including phenoxy) is 3. The molecule has 1 fully saturated rings. The fourth-order valence-corrected chi connectivity index (χ4v) is 2.18. The van der Waals surface area contributed by atoms with Gasteiger partial charge in [0.2, 0.25) is 6.79 Å². The standard InChI is InChI=1S/C13H16N2O4/c1-9-7-15(4-5-17-9)13(16)14-10-2-3-11-12(6-10)19-8-18-11/h2-3,6,9H,4-5,7-8H2,1H3,(H,14,16). The van der Waals surface area contributed by atoms with Crippen LogP contribution >= 0.6 is 0 Å². The highest BCUT2D eigenvalue weighted by atomic mass is 16.7. The Hall–Kier alpha value is -1.95. The molecule has 1 N–H and O–H groups in total. The molecule has 3 rings (SSSR count). The summed E-state index contributed by atoms with van der Waals surface area (Å²) in [7, 11) is 0. The number of carbonyl (C=O) groups is 1. The van der Waals surface area contributed by atoms with Gasteiger partial charge in [0.25, 0.3) is 0 Å². The normalized spacial score (nSPS) is 21.3. The number of hydrogen-bond acceptors (Lipinski definition) is 4. The molecule has 2 aliphatic rings. The molecule has 1 atom stereocenters. The van der Waals surface area contributed by atoms with Crippen molar-refractivity contribution in [1.29, 1.82) is 0 Å². The second-order valence-corrected chi connectivity index (χ2v) is 4.63. The maximum absolute atomic E-state index is 12.1. The Balaban J connectivity index is 1.66. The van der Waals surface area contributed by atoms with E-state index in [1.54, 1.807) is 23.1 Å². The van der Waals surface area contributed by atoms with Gasteiger partial charge in [-0.05, 0) is 19.1 Å². The van der Waals surface area contributed by atoms with E-state index >= 15 is 0 Å². The molecule has 0 spiro atoms. The Morgan fingerprint density at radius 2 is 2.21 bits per heavy atom. The van der Waals surface area contributed by atoms with E-state index in [-0.39, 0.29) is 18.9 Å². The van der Waals surface area contributed by atoms with Crippen LogP contribution in [-0.4, -0.2) is 43.5 Å². The van der Waals surface area contributed by atoms with Crippen molar-refractivity contribution >= 4 is 11.7 Å². The molecule has 0 radical (unpaired) electrons. The van der Waals surface area contributed by atoms with Crippen LogP contribution in [0.4, 0.5) is 10.5 Å². The van der Waals surface area contributed by atoms with Gasteiger partial charge in [-0.15, -0.1) is 0 Å². The lowest BCUT2D eigenvalue weighted by atomic mass is 10.2. The molecule has 2 aliphatic heterocycles. The van der Waals surface area contributed by atoms with Crippen molar-refractivity contribution in [3.05, 3.63) is 18.2 Å². The van der Waals surface area contributed by atoms with Gasteiger partial charge in [0, 0.05) is 24.8 Å². The number of amides is 2. The van der Waals surface area contributed by atoms with Crippen molar-refractivity contribution in [3.8, 4) is 11.5 Å². The van der Waals surface area contributed by atoms with Gasteiger partial charge in [-0.3, -0.25) is 0 Å². The van der Waals surface area contributed by atoms with E-state index in [0.717, 1.165) is 0 Å². The lowest BCUT2D eigenvalue weighted by Gasteiger charge is -2.31. The van der Waals surface area contributed by atoms with Crippen LogP contribution in [0.3, 0.4) is 0 Å². The van der Waals surface area contributed by atoms with E-state index in [2.05, 4.69) is 5.32 Å². The van der Waals surface area contributed by atoms with Crippen molar-refractivity contribution in [2.75, 3.05) is 31.8 Å². The van der Waals surface area contributed by atoms with Gasteiger partial charge in [-0.1, -0.05) is 0 Å². The molecule has 6 heteroatoms. The molecule has 0 bridgehead atoms. The van der Waals surface area contributed by atoms with Crippen LogP contribution in [-0.2, 0) is 4.74 Å². The van der Waals surface area contributed by atoms with Gasteiger partial charge in [0.1, 0.15) is 0 Å². The number of fused-ring (bicyclic) bond motifs is 1. The summed E-state index contributed by atoms with van der Waals surface area (Å²) in [5, 5.41) is 2.86. The summed E-state index contributed by atoms with van der Waals surface area (Å²) in [4.78, 5) is 13.8. The van der Waals surface area contributed by atoms with Crippen molar-refractivity contribution in [1.82, 2.24) is 4.90 Å². The predicted molar refractivity (Wildman–Crippen MR) is 68.6 cm³/mol. The Morgan fingerprint density at radius 1 is 1.37 bits per heavy atom. The first-order valence-electron chi connectivity index (χ1n) is 6.29. The minimum Gasteiger partial charge on any atom is -0.454 e. The highest BCUT2D eigenvalue weighted by Gasteiger charge is 2.22. The molecule has 0 aliphatic carbocycles. The smallest absolute Gasteiger partial charge is 0.322 e. The van der Waals surface area contributed by atoms with Crippen LogP contribution in [0.25, 0.3) is 0 Å². The van der Waals surface area contributed by atoms with Crippen LogP contribution in [0, 0.1) is 0 Å². The summed E-state index contributed by atoms with van der Waals surface area (Å²) >= 11 is 0. The molecule has 2 amide bonds. The maximum Gasteiger partial charge on any atom is 0.322 e. The molecule has 19 heavy (non-hydrogen) atoms. The first kappa shape index (κ1) is 12.1. The molecule has 1 aromatic carbocycles. The van der Waals surface area contributed by atoms with Crippen molar-refractivity contribution in [3.63, 3.8) is 0 Å². The summed E-state index contributed by atoms with van der Waals surface area (Å²) in [6.45, 7) is 3.99. The van der Waals surface area contributed by atoms with E-state index in [1.165, 1.54) is 0 Å². The van der Waals surface area contributed by atoms with Crippen LogP contribution < -0.4 is 14.8 Å². The molecule has 1 saturated heterocycles. The van der Waals surface area contributed by atoms with E-state index in [0.29, 0.717) is 36.9 Å². The second kappa shape index (κ2) is 4.97. The molecule has 0 saturated carbocycles. The highest BCUT2D eigenvalue weighted by molar-refractivity contribution is 5.89. The van der Waals surface area contributed by atoms with Gasteiger partial charge in [0.15, 0.2) is 11.5 Å². The lowest BCUT2D eigenvalue weighted by molar-refractivity contribution is -0.00138. The Morgan fingerprint density at radius 3 is 3.05 bits per heavy atom. The molecule has 102 valence electrons. The van der Waals surface area contributed by atoms with Crippen molar-refractivity contribution < 1.29 is 19.0 Å². The number of rotatable bonds is 1. The first-order chi connectivity index (χ1) is 9.22. The zero-order chi connectivity index (χ0) is 13.2.